The van der Waals surface area contributed by atoms with Gasteiger partial charge in [0.1, 0.15) is 17.9 Å². The molecule has 9 nitrogen and oxygen atoms in total. The Morgan fingerprint density at radius 2 is 2.17 bits per heavy atom. The van der Waals surface area contributed by atoms with Crippen LogP contribution in [0.3, 0.4) is 0 Å². The van der Waals surface area contributed by atoms with Crippen LogP contribution in [0.15, 0.2) is 15.8 Å². The molecule has 9 heteroatoms. The van der Waals surface area contributed by atoms with Crippen LogP contribution in [0.5, 0.6) is 0 Å². The van der Waals surface area contributed by atoms with Crippen molar-refractivity contribution in [2.24, 2.45) is 5.92 Å². The van der Waals surface area contributed by atoms with Gasteiger partial charge in [-0.3, -0.25) is 19.1 Å². The van der Waals surface area contributed by atoms with Crippen LogP contribution in [-0.2, 0) is 19.0 Å². The van der Waals surface area contributed by atoms with Crippen molar-refractivity contribution in [1.29, 1.82) is 0 Å². The molecule has 1 aliphatic heterocycles. The first-order valence-corrected chi connectivity index (χ1v) is 7.44. The molecule has 1 aromatic rings. The number of H-pyrrole nitrogens is 1. The third-order valence-corrected chi connectivity index (χ3v) is 3.69. The topological polar surface area (TPSA) is 117 Å². The normalized spacial score (nSPS) is 26.7. The zero-order valence-corrected chi connectivity index (χ0v) is 13.6. The maximum Gasteiger partial charge on any atom is 0.345 e. The minimum Gasteiger partial charge on any atom is -0.462 e. The summed E-state index contributed by atoms with van der Waals surface area (Å²) in [5.41, 5.74) is -1.98. The molecular formula is C15H20N2O7. The van der Waals surface area contributed by atoms with Gasteiger partial charge >= 0.3 is 17.6 Å². The molecular weight excluding hydrogens is 320 g/mol. The molecule has 1 aromatic heterocycles. The van der Waals surface area contributed by atoms with E-state index < -0.39 is 47.5 Å². The number of aromatic nitrogens is 2. The van der Waals surface area contributed by atoms with Gasteiger partial charge in [-0.1, -0.05) is 6.92 Å². The molecule has 1 N–H and O–H groups in total. The second kappa shape index (κ2) is 7.00. The van der Waals surface area contributed by atoms with Gasteiger partial charge in [0.15, 0.2) is 0 Å². The monoisotopic (exact) mass is 341 g/mol. The van der Waals surface area contributed by atoms with Crippen molar-refractivity contribution in [3.8, 4) is 0 Å². The third kappa shape index (κ3) is 3.40. The summed E-state index contributed by atoms with van der Waals surface area (Å²) in [5, 5.41) is 0. The van der Waals surface area contributed by atoms with Gasteiger partial charge in [-0.25, -0.2) is 9.59 Å². The van der Waals surface area contributed by atoms with Gasteiger partial charge in [-0.2, -0.15) is 0 Å². The van der Waals surface area contributed by atoms with E-state index in [2.05, 4.69) is 0 Å². The van der Waals surface area contributed by atoms with Crippen LogP contribution in [-0.4, -0.2) is 40.3 Å². The van der Waals surface area contributed by atoms with E-state index in [1.807, 2.05) is 4.98 Å². The number of carbonyl (C=O) groups is 2. The first-order valence-electron chi connectivity index (χ1n) is 8.15. The fourth-order valence-corrected chi connectivity index (χ4v) is 2.60. The predicted octanol–water partition coefficient (Wildman–Crippen LogP) is 0.198. The van der Waals surface area contributed by atoms with Crippen LogP contribution < -0.4 is 11.2 Å². The lowest BCUT2D eigenvalue weighted by Gasteiger charge is -2.20. The first kappa shape index (κ1) is 16.4. The molecule has 132 valence electrons. The van der Waals surface area contributed by atoms with Crippen molar-refractivity contribution in [2.45, 2.75) is 46.1 Å². The van der Waals surface area contributed by atoms with E-state index in [1.54, 1.807) is 13.8 Å². The molecule has 2 rings (SSSR count). The molecule has 1 fully saturated rings. The van der Waals surface area contributed by atoms with E-state index >= 15 is 0 Å². The molecule has 24 heavy (non-hydrogen) atoms. The van der Waals surface area contributed by atoms with Crippen molar-refractivity contribution < 1.29 is 25.2 Å². The van der Waals surface area contributed by atoms with Gasteiger partial charge in [-0.15, -0.1) is 0 Å². The average molecular weight is 341 g/mol. The minimum atomic E-state index is -0.905. The third-order valence-electron chi connectivity index (χ3n) is 3.69. The van der Waals surface area contributed by atoms with E-state index in [4.69, 9.17) is 15.6 Å². The second-order valence-corrected chi connectivity index (χ2v) is 5.43. The van der Waals surface area contributed by atoms with Gasteiger partial charge in [-0.05, 0) is 13.8 Å². The summed E-state index contributed by atoms with van der Waals surface area (Å²) in [7, 11) is 0. The second-order valence-electron chi connectivity index (χ2n) is 5.43. The Morgan fingerprint density at radius 1 is 1.46 bits per heavy atom. The van der Waals surface area contributed by atoms with E-state index in [1.165, 1.54) is 6.92 Å². The van der Waals surface area contributed by atoms with E-state index in [9.17, 15) is 19.2 Å². The largest absolute Gasteiger partial charge is 0.462 e. The van der Waals surface area contributed by atoms with Crippen molar-refractivity contribution >= 4 is 11.9 Å². The van der Waals surface area contributed by atoms with Crippen LogP contribution in [0.25, 0.3) is 0 Å². The number of hydrogen-bond donors (Lipinski definition) is 1. The molecule has 4 atom stereocenters. The van der Waals surface area contributed by atoms with E-state index in [0.29, 0.717) is 0 Å². The van der Waals surface area contributed by atoms with Crippen LogP contribution in [0.2, 0.25) is 0 Å². The highest BCUT2D eigenvalue weighted by Gasteiger charge is 2.43. The summed E-state index contributed by atoms with van der Waals surface area (Å²) < 4.78 is 24.2. The van der Waals surface area contributed by atoms with E-state index in [0.717, 1.165) is 10.8 Å². The molecule has 0 radical (unpaired) electrons. The average Bonchev–Trinajstić information content (AvgIpc) is 2.83. The fraction of sp³-hybridized carbons (Fsp3) is 0.600. The maximum atomic E-state index is 12.1. The van der Waals surface area contributed by atoms with Crippen LogP contribution in [0.1, 0.15) is 45.6 Å². The molecule has 0 aliphatic carbocycles. The van der Waals surface area contributed by atoms with Crippen molar-refractivity contribution in [3.63, 3.8) is 0 Å². The summed E-state index contributed by atoms with van der Waals surface area (Å²) in [6.07, 6.45) is -1.28. The summed E-state index contributed by atoms with van der Waals surface area (Å²) >= 11 is 0. The lowest BCUT2D eigenvalue weighted by molar-refractivity contribution is -0.150. The molecule has 0 bridgehead atoms. The Balaban J connectivity index is 2.42. The molecule has 0 spiro atoms. The van der Waals surface area contributed by atoms with Gasteiger partial charge in [0.2, 0.25) is 0 Å². The predicted molar refractivity (Wildman–Crippen MR) is 81.6 cm³/mol. The number of ether oxygens (including phenoxy) is 3. The molecule has 1 unspecified atom stereocenters. The summed E-state index contributed by atoms with van der Waals surface area (Å²) in [5.74, 6) is -1.87. The Kier molecular flexibility index (Phi) is 4.79. The molecule has 0 aromatic carbocycles. The maximum absolute atomic E-state index is 12.1. The molecule has 0 saturated carbocycles. The SMILES string of the molecule is [2H]C[C@H]1O[C@@H](n2cc(C(=O)OCC)c(=O)[nH]c2=O)[C@@H](C)C1OC(C)=O. The number of aromatic amines is 1. The Hall–Kier alpha value is -2.42. The van der Waals surface area contributed by atoms with E-state index in [-0.39, 0.29) is 19.1 Å². The standard InChI is InChI=1S/C15H20N2O7/c1-5-22-14(20)10-6-17(15(21)16-12(10)19)13-7(2)11(8(3)23-13)24-9(4)18/h6-8,11,13H,5H2,1-4H3,(H,16,19,21)/t7-,8+,11?,13+/m0/s1/i3D. The van der Waals surface area contributed by atoms with Gasteiger partial charge < -0.3 is 14.2 Å². The lowest BCUT2D eigenvalue weighted by Crippen LogP contribution is -2.37. The van der Waals surface area contributed by atoms with Crippen LogP contribution in [0, 0.1) is 5.92 Å². The number of esters is 2. The fourth-order valence-electron chi connectivity index (χ4n) is 2.60. The summed E-state index contributed by atoms with van der Waals surface area (Å²) in [6.45, 7) is 4.42. The molecule has 1 saturated heterocycles. The Labute approximate surface area is 138 Å². The van der Waals surface area contributed by atoms with Crippen LogP contribution in [0.4, 0.5) is 0 Å². The molecule has 0 amide bonds. The Bertz CT molecular complexity index is 772. The number of rotatable bonds is 4. The van der Waals surface area contributed by atoms with Crippen molar-refractivity contribution in [2.75, 3.05) is 6.61 Å². The van der Waals surface area contributed by atoms with Gasteiger partial charge in [0, 0.05) is 20.4 Å². The number of nitrogens with one attached hydrogen (secondary N) is 1. The van der Waals surface area contributed by atoms with Crippen molar-refractivity contribution in [3.05, 3.63) is 32.6 Å². The van der Waals surface area contributed by atoms with Gasteiger partial charge in [0.05, 0.1) is 12.7 Å². The zero-order valence-electron chi connectivity index (χ0n) is 14.6. The number of hydrogen-bond acceptors (Lipinski definition) is 7. The summed E-state index contributed by atoms with van der Waals surface area (Å²) in [6, 6.07) is 0. The number of carbonyl (C=O) groups excluding carboxylic acids is 2. The summed E-state index contributed by atoms with van der Waals surface area (Å²) in [4.78, 5) is 49.1. The highest BCUT2D eigenvalue weighted by Crippen LogP contribution is 2.35. The highest BCUT2D eigenvalue weighted by atomic mass is 16.6. The highest BCUT2D eigenvalue weighted by molar-refractivity contribution is 5.88. The van der Waals surface area contributed by atoms with Gasteiger partial charge in [0.25, 0.3) is 5.56 Å². The zero-order chi connectivity index (χ0) is 18.7. The first-order chi connectivity index (χ1) is 11.8. The van der Waals surface area contributed by atoms with Crippen molar-refractivity contribution in [1.82, 2.24) is 9.55 Å². The molecule has 2 heterocycles. The Morgan fingerprint density at radius 3 is 2.75 bits per heavy atom. The van der Waals surface area contributed by atoms with Crippen LogP contribution >= 0.6 is 0 Å². The lowest BCUT2D eigenvalue weighted by atomic mass is 10.0. The number of nitrogens with zero attached hydrogens (tertiary/aromatic N) is 1. The smallest absolute Gasteiger partial charge is 0.345 e. The quantitative estimate of drug-likeness (QED) is 0.777. The minimum absolute atomic E-state index is 0.0726. The molecule has 1 aliphatic rings.